The highest BCUT2D eigenvalue weighted by Gasteiger charge is 2.30. The minimum Gasteiger partial charge on any atom is -0.494 e. The Balaban J connectivity index is 1.77. The molecule has 1 unspecified atom stereocenters. The van der Waals surface area contributed by atoms with Crippen molar-refractivity contribution in [2.24, 2.45) is 5.92 Å². The lowest BCUT2D eigenvalue weighted by molar-refractivity contribution is -0.141. The summed E-state index contributed by atoms with van der Waals surface area (Å²) < 4.78 is 5.83. The van der Waals surface area contributed by atoms with Crippen molar-refractivity contribution in [2.45, 2.75) is 52.6 Å². The Morgan fingerprint density at radius 3 is 2.24 bits per heavy atom. The minimum absolute atomic E-state index is 0.0805. The highest BCUT2D eigenvalue weighted by atomic mass is 35.5. The van der Waals surface area contributed by atoms with E-state index < -0.39 is 6.04 Å². The van der Waals surface area contributed by atoms with Crippen LogP contribution < -0.4 is 10.1 Å². The second-order valence-electron chi connectivity index (χ2n) is 9.76. The summed E-state index contributed by atoms with van der Waals surface area (Å²) in [6.07, 6.45) is 1.27. The third-order valence-corrected chi connectivity index (χ3v) is 6.30. The normalized spacial score (nSPS) is 11.7. The number of aryl methyl sites for hydroxylation is 1. The molecule has 3 aromatic carbocycles. The predicted molar refractivity (Wildman–Crippen MR) is 150 cm³/mol. The van der Waals surface area contributed by atoms with Crippen LogP contribution in [0.1, 0.15) is 43.4 Å². The lowest BCUT2D eigenvalue weighted by Crippen LogP contribution is -2.51. The van der Waals surface area contributed by atoms with E-state index in [1.165, 1.54) is 5.56 Å². The largest absolute Gasteiger partial charge is 0.494 e. The first-order chi connectivity index (χ1) is 17.8. The third-order valence-electron chi connectivity index (χ3n) is 6.05. The molecule has 37 heavy (non-hydrogen) atoms. The second-order valence-corrected chi connectivity index (χ2v) is 10.2. The maximum absolute atomic E-state index is 13.6. The van der Waals surface area contributed by atoms with Gasteiger partial charge in [-0.25, -0.2) is 0 Å². The summed E-state index contributed by atoms with van der Waals surface area (Å²) in [4.78, 5) is 28.7. The molecule has 0 aliphatic rings. The standard InChI is InChI=1S/C31H37ClN2O3/c1-23(2)21-33-31(36)29(20-25-8-5-4-6-9-25)34(22-26-13-15-27(32)16-14-26)30(35)10-7-19-37-28-17-11-24(3)12-18-28/h4-6,8-9,11-18,23,29H,7,10,19-22H2,1-3H3,(H,33,36). The number of benzene rings is 3. The number of amides is 2. The van der Waals surface area contributed by atoms with Gasteiger partial charge in [-0.1, -0.05) is 85.6 Å². The second kappa shape index (κ2) is 14.4. The Kier molecular flexibility index (Phi) is 11.0. The fraction of sp³-hybridized carbons (Fsp3) is 0.355. The monoisotopic (exact) mass is 520 g/mol. The highest BCUT2D eigenvalue weighted by molar-refractivity contribution is 6.30. The van der Waals surface area contributed by atoms with Crippen LogP contribution in [0.4, 0.5) is 0 Å². The van der Waals surface area contributed by atoms with Gasteiger partial charge in [0.1, 0.15) is 11.8 Å². The molecule has 3 rings (SSSR count). The van der Waals surface area contributed by atoms with Crippen LogP contribution in [0.3, 0.4) is 0 Å². The van der Waals surface area contributed by atoms with Gasteiger partial charge < -0.3 is 15.0 Å². The zero-order valence-electron chi connectivity index (χ0n) is 22.0. The van der Waals surface area contributed by atoms with Gasteiger partial charge in [-0.15, -0.1) is 0 Å². The van der Waals surface area contributed by atoms with Crippen LogP contribution in [0.2, 0.25) is 5.02 Å². The molecule has 0 radical (unpaired) electrons. The number of halogens is 1. The molecule has 5 nitrogen and oxygen atoms in total. The van der Waals surface area contributed by atoms with E-state index in [1.54, 1.807) is 17.0 Å². The summed E-state index contributed by atoms with van der Waals surface area (Å²) in [6, 6.07) is 24.5. The van der Waals surface area contributed by atoms with E-state index in [4.69, 9.17) is 16.3 Å². The molecular weight excluding hydrogens is 484 g/mol. The Hall–Kier alpha value is -3.31. The summed E-state index contributed by atoms with van der Waals surface area (Å²) in [6.45, 7) is 7.43. The zero-order chi connectivity index (χ0) is 26.6. The van der Waals surface area contributed by atoms with E-state index in [9.17, 15) is 9.59 Å². The number of carbonyl (C=O) groups excluding carboxylic acids is 2. The number of hydrogen-bond acceptors (Lipinski definition) is 3. The molecule has 0 heterocycles. The van der Waals surface area contributed by atoms with Crippen molar-refractivity contribution < 1.29 is 14.3 Å². The number of ether oxygens (including phenoxy) is 1. The minimum atomic E-state index is -0.637. The molecule has 0 saturated carbocycles. The van der Waals surface area contributed by atoms with Gasteiger partial charge in [0.05, 0.1) is 6.61 Å². The van der Waals surface area contributed by atoms with Crippen LogP contribution >= 0.6 is 11.6 Å². The number of carbonyl (C=O) groups is 2. The van der Waals surface area contributed by atoms with Crippen LogP contribution in [0.15, 0.2) is 78.9 Å². The van der Waals surface area contributed by atoms with Gasteiger partial charge in [0.15, 0.2) is 0 Å². The molecule has 1 N–H and O–H groups in total. The number of hydrogen-bond donors (Lipinski definition) is 1. The van der Waals surface area contributed by atoms with Gasteiger partial charge in [0.25, 0.3) is 0 Å². The maximum atomic E-state index is 13.6. The van der Waals surface area contributed by atoms with Crippen molar-refractivity contribution in [1.29, 1.82) is 0 Å². The Morgan fingerprint density at radius 1 is 0.919 bits per heavy atom. The van der Waals surface area contributed by atoms with E-state index in [0.717, 1.165) is 16.9 Å². The molecule has 196 valence electrons. The SMILES string of the molecule is Cc1ccc(OCCCC(=O)N(Cc2ccc(Cl)cc2)C(Cc2ccccc2)C(=O)NCC(C)C)cc1. The van der Waals surface area contributed by atoms with Crippen LogP contribution in [-0.2, 0) is 22.6 Å². The first-order valence-corrected chi connectivity index (χ1v) is 13.2. The number of rotatable bonds is 13. The molecule has 0 spiro atoms. The van der Waals surface area contributed by atoms with Gasteiger partial charge in [0.2, 0.25) is 11.8 Å². The molecule has 0 fully saturated rings. The molecule has 0 aliphatic carbocycles. The molecule has 0 bridgehead atoms. The Labute approximate surface area is 225 Å². The molecule has 2 amide bonds. The summed E-state index contributed by atoms with van der Waals surface area (Å²) in [5.74, 6) is 0.866. The summed E-state index contributed by atoms with van der Waals surface area (Å²) in [7, 11) is 0. The van der Waals surface area contributed by atoms with Crippen molar-refractivity contribution in [1.82, 2.24) is 10.2 Å². The molecule has 3 aromatic rings. The zero-order valence-corrected chi connectivity index (χ0v) is 22.7. The van der Waals surface area contributed by atoms with Crippen LogP contribution in [0.5, 0.6) is 5.75 Å². The molecule has 1 atom stereocenters. The van der Waals surface area contributed by atoms with Gasteiger partial charge in [-0.05, 0) is 54.7 Å². The van der Waals surface area contributed by atoms with Crippen LogP contribution in [-0.4, -0.2) is 35.9 Å². The Bertz CT molecular complexity index is 1120. The van der Waals surface area contributed by atoms with Gasteiger partial charge >= 0.3 is 0 Å². The fourth-order valence-electron chi connectivity index (χ4n) is 3.95. The lowest BCUT2D eigenvalue weighted by Gasteiger charge is -2.32. The van der Waals surface area contributed by atoms with Crippen LogP contribution in [0.25, 0.3) is 0 Å². The van der Waals surface area contributed by atoms with E-state index in [1.807, 2.05) is 73.7 Å². The fourth-order valence-corrected chi connectivity index (χ4v) is 4.08. The molecule has 0 aliphatic heterocycles. The quantitative estimate of drug-likeness (QED) is 0.272. The van der Waals surface area contributed by atoms with Gasteiger partial charge in [-0.2, -0.15) is 0 Å². The summed E-state index contributed by atoms with van der Waals surface area (Å²) >= 11 is 6.09. The predicted octanol–water partition coefficient (Wildman–Crippen LogP) is 6.22. The molecular formula is C31H37ClN2O3. The van der Waals surface area contributed by atoms with E-state index in [0.29, 0.717) is 43.5 Å². The van der Waals surface area contributed by atoms with Gasteiger partial charge in [0, 0.05) is 31.0 Å². The first kappa shape index (κ1) is 28.3. The van der Waals surface area contributed by atoms with Crippen molar-refractivity contribution in [3.8, 4) is 5.75 Å². The maximum Gasteiger partial charge on any atom is 0.243 e. The van der Waals surface area contributed by atoms with E-state index in [-0.39, 0.29) is 18.2 Å². The average molecular weight is 521 g/mol. The first-order valence-electron chi connectivity index (χ1n) is 12.9. The third kappa shape index (κ3) is 9.58. The van der Waals surface area contributed by atoms with Gasteiger partial charge in [-0.3, -0.25) is 9.59 Å². The topological polar surface area (TPSA) is 58.6 Å². The average Bonchev–Trinajstić information content (AvgIpc) is 2.89. The van der Waals surface area contributed by atoms with Crippen molar-refractivity contribution in [2.75, 3.05) is 13.2 Å². The van der Waals surface area contributed by atoms with Crippen LogP contribution in [0, 0.1) is 12.8 Å². The summed E-state index contributed by atoms with van der Waals surface area (Å²) in [5.41, 5.74) is 3.09. The lowest BCUT2D eigenvalue weighted by atomic mass is 10.0. The van der Waals surface area contributed by atoms with E-state index >= 15 is 0 Å². The summed E-state index contributed by atoms with van der Waals surface area (Å²) in [5, 5.41) is 3.68. The van der Waals surface area contributed by atoms with Crippen molar-refractivity contribution in [3.05, 3.63) is 101 Å². The number of nitrogens with one attached hydrogen (secondary N) is 1. The van der Waals surface area contributed by atoms with Crippen molar-refractivity contribution >= 4 is 23.4 Å². The highest BCUT2D eigenvalue weighted by Crippen LogP contribution is 2.19. The molecule has 0 saturated heterocycles. The molecule has 0 aromatic heterocycles. The smallest absolute Gasteiger partial charge is 0.243 e. The van der Waals surface area contributed by atoms with Crippen molar-refractivity contribution in [3.63, 3.8) is 0 Å². The Morgan fingerprint density at radius 2 is 1.59 bits per heavy atom. The number of nitrogens with zero attached hydrogens (tertiary/aromatic N) is 1. The molecule has 6 heteroatoms. The van der Waals surface area contributed by atoms with E-state index in [2.05, 4.69) is 19.2 Å².